The maximum Gasteiger partial charge on any atom is 0.257 e. The van der Waals surface area contributed by atoms with Crippen molar-refractivity contribution < 1.29 is 18.8 Å². The molecule has 7 heteroatoms. The van der Waals surface area contributed by atoms with E-state index in [2.05, 4.69) is 15.9 Å². The minimum Gasteiger partial charge on any atom is -0.325 e. The van der Waals surface area contributed by atoms with Gasteiger partial charge >= 0.3 is 0 Å². The molecule has 0 spiro atoms. The Morgan fingerprint density at radius 2 is 1.51 bits per heavy atom. The fourth-order valence-corrected chi connectivity index (χ4v) is 7.77. The molecule has 5 nitrogen and oxygen atoms in total. The van der Waals surface area contributed by atoms with E-state index in [9.17, 15) is 18.8 Å². The first kappa shape index (κ1) is 22.9. The van der Waals surface area contributed by atoms with Crippen LogP contribution in [0.1, 0.15) is 50.5 Å². The van der Waals surface area contributed by atoms with E-state index < -0.39 is 11.5 Å². The summed E-state index contributed by atoms with van der Waals surface area (Å²) in [5.74, 6) is 0.738. The highest BCUT2D eigenvalue weighted by Crippen LogP contribution is 2.60. The second-order valence-corrected chi connectivity index (χ2v) is 11.9. The van der Waals surface area contributed by atoms with Crippen molar-refractivity contribution in [3.05, 3.63) is 64.4 Å². The fourth-order valence-electron chi connectivity index (χ4n) is 7.51. The van der Waals surface area contributed by atoms with Gasteiger partial charge < -0.3 is 4.90 Å². The zero-order chi connectivity index (χ0) is 24.3. The van der Waals surface area contributed by atoms with Gasteiger partial charge in [-0.2, -0.15) is 0 Å². The summed E-state index contributed by atoms with van der Waals surface area (Å²) in [6.45, 7) is 0.193. The Morgan fingerprint density at radius 1 is 0.943 bits per heavy atom. The first-order valence-corrected chi connectivity index (χ1v) is 13.3. The molecular formula is C28H28BrFN2O3. The van der Waals surface area contributed by atoms with Gasteiger partial charge in [-0.3, -0.25) is 14.4 Å². The highest BCUT2D eigenvalue weighted by atomic mass is 79.9. The van der Waals surface area contributed by atoms with Crippen molar-refractivity contribution >= 4 is 39.3 Å². The standard InChI is InChI=1S/C28H28BrFN2O3/c29-21-3-7-23(8-4-21)32-25(33)12-24(26(32)34)31(16-17-1-5-22(30)6-2-17)27(35)28-13-18-9-19(14-28)11-20(10-18)15-28/h1-8,18-20,24H,9-16H2. The number of imide groups is 1. The number of anilines is 1. The quantitative estimate of drug-likeness (QED) is 0.474. The lowest BCUT2D eigenvalue weighted by molar-refractivity contribution is -0.162. The third-order valence-electron chi connectivity index (χ3n) is 8.60. The average molecular weight is 539 g/mol. The molecule has 1 atom stereocenters. The molecule has 1 saturated heterocycles. The van der Waals surface area contributed by atoms with E-state index in [1.54, 1.807) is 41.3 Å². The average Bonchev–Trinajstić information content (AvgIpc) is 3.11. The lowest BCUT2D eigenvalue weighted by atomic mass is 9.49. The van der Waals surface area contributed by atoms with Gasteiger partial charge in [0.2, 0.25) is 11.8 Å². The Kier molecular flexibility index (Phi) is 5.59. The topological polar surface area (TPSA) is 57.7 Å². The van der Waals surface area contributed by atoms with Crippen LogP contribution in [-0.4, -0.2) is 28.7 Å². The molecule has 35 heavy (non-hydrogen) atoms. The summed E-state index contributed by atoms with van der Waals surface area (Å²) in [4.78, 5) is 43.9. The molecule has 5 fully saturated rings. The molecule has 5 aliphatic rings. The molecule has 2 aromatic rings. The first-order chi connectivity index (χ1) is 16.8. The second kappa shape index (κ2) is 8.54. The molecule has 2 aromatic carbocycles. The molecule has 1 heterocycles. The third kappa shape index (κ3) is 4.02. The molecule has 0 radical (unpaired) electrons. The second-order valence-electron chi connectivity index (χ2n) is 11.0. The van der Waals surface area contributed by atoms with E-state index in [0.717, 1.165) is 29.3 Å². The number of halogens is 2. The lowest BCUT2D eigenvalue weighted by Gasteiger charge is -2.57. The van der Waals surface area contributed by atoms with Crippen LogP contribution in [0.5, 0.6) is 0 Å². The van der Waals surface area contributed by atoms with Crippen molar-refractivity contribution in [3.8, 4) is 0 Å². The highest BCUT2D eigenvalue weighted by Gasteiger charge is 2.57. The normalized spacial score (nSPS) is 31.3. The van der Waals surface area contributed by atoms with Gasteiger partial charge in [0.25, 0.3) is 5.91 Å². The van der Waals surface area contributed by atoms with E-state index in [1.807, 2.05) is 0 Å². The van der Waals surface area contributed by atoms with Gasteiger partial charge in [-0.25, -0.2) is 9.29 Å². The molecule has 1 aliphatic heterocycles. The van der Waals surface area contributed by atoms with Gasteiger partial charge in [0.15, 0.2) is 0 Å². The van der Waals surface area contributed by atoms with Crippen molar-refractivity contribution in [1.82, 2.24) is 4.90 Å². The van der Waals surface area contributed by atoms with E-state index in [4.69, 9.17) is 0 Å². The molecule has 1 unspecified atom stereocenters. The fraction of sp³-hybridized carbons (Fsp3) is 0.464. The lowest BCUT2D eigenvalue weighted by Crippen LogP contribution is -2.57. The van der Waals surface area contributed by atoms with Crippen LogP contribution in [0, 0.1) is 29.0 Å². The number of carbonyl (C=O) groups excluding carboxylic acids is 3. The van der Waals surface area contributed by atoms with Gasteiger partial charge in [0.05, 0.1) is 17.5 Å². The van der Waals surface area contributed by atoms with Crippen LogP contribution in [-0.2, 0) is 20.9 Å². The van der Waals surface area contributed by atoms with Crippen molar-refractivity contribution in [2.45, 2.75) is 57.5 Å². The molecule has 4 bridgehead atoms. The summed E-state index contributed by atoms with van der Waals surface area (Å²) in [7, 11) is 0. The van der Waals surface area contributed by atoms with Gasteiger partial charge in [0, 0.05) is 11.0 Å². The summed E-state index contributed by atoms with van der Waals surface area (Å²) >= 11 is 3.39. The Morgan fingerprint density at radius 3 is 2.09 bits per heavy atom. The Balaban J connectivity index is 1.34. The monoisotopic (exact) mass is 538 g/mol. The number of hydrogen-bond donors (Lipinski definition) is 0. The van der Waals surface area contributed by atoms with Gasteiger partial charge in [-0.05, 0) is 98.2 Å². The summed E-state index contributed by atoms with van der Waals surface area (Å²) < 4.78 is 14.4. The van der Waals surface area contributed by atoms with Crippen LogP contribution in [0.4, 0.5) is 10.1 Å². The Labute approximate surface area is 212 Å². The van der Waals surface area contributed by atoms with Crippen molar-refractivity contribution in [3.63, 3.8) is 0 Å². The van der Waals surface area contributed by atoms with E-state index in [0.29, 0.717) is 23.4 Å². The zero-order valence-corrected chi connectivity index (χ0v) is 21.0. The number of hydrogen-bond acceptors (Lipinski definition) is 3. The molecule has 182 valence electrons. The summed E-state index contributed by atoms with van der Waals surface area (Å²) in [6.07, 6.45) is 6.23. The van der Waals surface area contributed by atoms with Crippen LogP contribution in [0.3, 0.4) is 0 Å². The molecule has 4 saturated carbocycles. The van der Waals surface area contributed by atoms with Gasteiger partial charge in [-0.1, -0.05) is 28.1 Å². The molecular weight excluding hydrogens is 511 g/mol. The van der Waals surface area contributed by atoms with Gasteiger partial charge in [-0.15, -0.1) is 0 Å². The Bertz CT molecular complexity index is 1140. The molecule has 7 rings (SSSR count). The van der Waals surface area contributed by atoms with Crippen molar-refractivity contribution in [2.75, 3.05) is 4.90 Å². The molecule has 4 aliphatic carbocycles. The van der Waals surface area contributed by atoms with E-state index in [-0.39, 0.29) is 36.5 Å². The largest absolute Gasteiger partial charge is 0.325 e. The highest BCUT2D eigenvalue weighted by molar-refractivity contribution is 9.10. The summed E-state index contributed by atoms with van der Waals surface area (Å²) in [6, 6.07) is 12.3. The van der Waals surface area contributed by atoms with E-state index in [1.165, 1.54) is 36.3 Å². The zero-order valence-electron chi connectivity index (χ0n) is 19.5. The first-order valence-electron chi connectivity index (χ1n) is 12.5. The number of carbonyl (C=O) groups is 3. The SMILES string of the molecule is O=C1CC(N(Cc2ccc(F)cc2)C(=O)C23CC4CC(CC(C4)C2)C3)C(=O)N1c1ccc(Br)cc1. The van der Waals surface area contributed by atoms with Crippen LogP contribution < -0.4 is 4.90 Å². The predicted molar refractivity (Wildman–Crippen MR) is 133 cm³/mol. The van der Waals surface area contributed by atoms with Crippen LogP contribution in [0.2, 0.25) is 0 Å². The summed E-state index contributed by atoms with van der Waals surface area (Å²) in [5, 5.41) is 0. The predicted octanol–water partition coefficient (Wildman–Crippen LogP) is 5.47. The maximum atomic E-state index is 14.4. The van der Waals surface area contributed by atoms with Crippen molar-refractivity contribution in [2.24, 2.45) is 23.2 Å². The molecule has 0 N–H and O–H groups in total. The molecule has 0 aromatic heterocycles. The number of amides is 3. The number of rotatable bonds is 5. The van der Waals surface area contributed by atoms with Crippen molar-refractivity contribution in [1.29, 1.82) is 0 Å². The minimum atomic E-state index is -0.850. The summed E-state index contributed by atoms with van der Waals surface area (Å²) in [5.41, 5.74) is 0.824. The van der Waals surface area contributed by atoms with Crippen LogP contribution >= 0.6 is 15.9 Å². The van der Waals surface area contributed by atoms with Crippen LogP contribution in [0.25, 0.3) is 0 Å². The van der Waals surface area contributed by atoms with Gasteiger partial charge in [0.1, 0.15) is 11.9 Å². The molecule has 3 amide bonds. The number of nitrogens with zero attached hydrogens (tertiary/aromatic N) is 2. The minimum absolute atomic E-state index is 0.00438. The Hall–Kier alpha value is -2.54. The maximum absolute atomic E-state index is 14.4. The third-order valence-corrected chi connectivity index (χ3v) is 9.13. The van der Waals surface area contributed by atoms with E-state index >= 15 is 0 Å². The van der Waals surface area contributed by atoms with Crippen LogP contribution in [0.15, 0.2) is 53.0 Å². The smallest absolute Gasteiger partial charge is 0.257 e. The number of benzene rings is 2.